The number of hydrogen-bond acceptors (Lipinski definition) is 3. The van der Waals surface area contributed by atoms with Crippen molar-refractivity contribution in [3.8, 4) is 0 Å². The van der Waals surface area contributed by atoms with Gasteiger partial charge in [0.05, 0.1) is 17.3 Å². The van der Waals surface area contributed by atoms with Crippen molar-refractivity contribution >= 4 is 17.2 Å². The summed E-state index contributed by atoms with van der Waals surface area (Å²) in [5, 5.41) is 4.05. The molecule has 110 valence electrons. The summed E-state index contributed by atoms with van der Waals surface area (Å²) < 4.78 is 7.49. The lowest BCUT2D eigenvalue weighted by atomic mass is 10.1. The molecule has 0 spiro atoms. The SMILES string of the molecule is CC(C)CCOCCNCc1cn2cc(Cl)ccc2n1. The molecule has 2 aromatic rings. The second-order valence-corrected chi connectivity index (χ2v) is 5.75. The zero-order chi connectivity index (χ0) is 14.4. The Morgan fingerprint density at radius 3 is 2.95 bits per heavy atom. The molecule has 0 aliphatic heterocycles. The fourth-order valence-electron chi connectivity index (χ4n) is 1.88. The second-order valence-electron chi connectivity index (χ2n) is 5.32. The number of hydrogen-bond donors (Lipinski definition) is 1. The number of pyridine rings is 1. The Balaban J connectivity index is 1.68. The molecule has 0 amide bonds. The van der Waals surface area contributed by atoms with Gasteiger partial charge in [0, 0.05) is 32.1 Å². The van der Waals surface area contributed by atoms with E-state index >= 15 is 0 Å². The van der Waals surface area contributed by atoms with Gasteiger partial charge in [-0.3, -0.25) is 0 Å². The van der Waals surface area contributed by atoms with Crippen molar-refractivity contribution in [2.24, 2.45) is 5.92 Å². The van der Waals surface area contributed by atoms with E-state index in [4.69, 9.17) is 16.3 Å². The third-order valence-electron chi connectivity index (χ3n) is 3.03. The number of ether oxygens (including phenoxy) is 1. The van der Waals surface area contributed by atoms with Crippen molar-refractivity contribution in [1.82, 2.24) is 14.7 Å². The van der Waals surface area contributed by atoms with Crippen molar-refractivity contribution in [3.05, 3.63) is 35.2 Å². The summed E-state index contributed by atoms with van der Waals surface area (Å²) in [4.78, 5) is 4.51. The molecule has 20 heavy (non-hydrogen) atoms. The second kappa shape index (κ2) is 7.62. The Morgan fingerprint density at radius 1 is 1.30 bits per heavy atom. The van der Waals surface area contributed by atoms with Crippen molar-refractivity contribution in [3.63, 3.8) is 0 Å². The van der Waals surface area contributed by atoms with E-state index in [9.17, 15) is 0 Å². The molecule has 2 aromatic heterocycles. The molecular formula is C15H22ClN3O. The Kier molecular flexibility index (Phi) is 5.83. The number of imidazole rings is 1. The van der Waals surface area contributed by atoms with E-state index in [-0.39, 0.29) is 0 Å². The van der Waals surface area contributed by atoms with Crippen molar-refractivity contribution in [1.29, 1.82) is 0 Å². The minimum absolute atomic E-state index is 0.702. The number of halogens is 1. The largest absolute Gasteiger partial charge is 0.380 e. The molecule has 0 fully saturated rings. The van der Waals surface area contributed by atoms with Crippen LogP contribution < -0.4 is 5.32 Å². The number of aromatic nitrogens is 2. The maximum Gasteiger partial charge on any atom is 0.137 e. The predicted molar refractivity (Wildman–Crippen MR) is 82.2 cm³/mol. The molecule has 4 nitrogen and oxygen atoms in total. The van der Waals surface area contributed by atoms with Gasteiger partial charge in [-0.15, -0.1) is 0 Å². The molecular weight excluding hydrogens is 274 g/mol. The highest BCUT2D eigenvalue weighted by atomic mass is 35.5. The molecule has 5 heteroatoms. The summed E-state index contributed by atoms with van der Waals surface area (Å²) in [5.74, 6) is 0.702. The quantitative estimate of drug-likeness (QED) is 0.760. The van der Waals surface area contributed by atoms with E-state index in [0.29, 0.717) is 10.9 Å². The summed E-state index contributed by atoms with van der Waals surface area (Å²) in [7, 11) is 0. The van der Waals surface area contributed by atoms with Crippen LogP contribution in [0.15, 0.2) is 24.5 Å². The van der Waals surface area contributed by atoms with Crippen LogP contribution in [0.1, 0.15) is 26.0 Å². The molecule has 0 aliphatic carbocycles. The van der Waals surface area contributed by atoms with Gasteiger partial charge in [-0.2, -0.15) is 0 Å². The third kappa shape index (κ3) is 4.78. The summed E-state index contributed by atoms with van der Waals surface area (Å²) in [6.45, 7) is 7.58. The lowest BCUT2D eigenvalue weighted by Crippen LogP contribution is -2.19. The number of rotatable bonds is 8. The van der Waals surface area contributed by atoms with E-state index in [1.54, 1.807) is 0 Å². The monoisotopic (exact) mass is 295 g/mol. The first-order valence-corrected chi connectivity index (χ1v) is 7.44. The Morgan fingerprint density at radius 2 is 2.15 bits per heavy atom. The van der Waals surface area contributed by atoms with E-state index in [2.05, 4.69) is 24.1 Å². The van der Waals surface area contributed by atoms with E-state index < -0.39 is 0 Å². The average Bonchev–Trinajstić information content (AvgIpc) is 2.79. The van der Waals surface area contributed by atoms with E-state index in [1.807, 2.05) is 28.9 Å². The Hall–Kier alpha value is -1.10. The minimum Gasteiger partial charge on any atom is -0.380 e. The lowest BCUT2D eigenvalue weighted by molar-refractivity contribution is 0.125. The van der Waals surface area contributed by atoms with E-state index in [1.165, 1.54) is 0 Å². The molecule has 0 bridgehead atoms. The van der Waals surface area contributed by atoms with Crippen LogP contribution in [0, 0.1) is 5.92 Å². The van der Waals surface area contributed by atoms with E-state index in [0.717, 1.165) is 44.1 Å². The van der Waals surface area contributed by atoms with Gasteiger partial charge in [-0.1, -0.05) is 25.4 Å². The van der Waals surface area contributed by atoms with Gasteiger partial charge in [0.25, 0.3) is 0 Å². The van der Waals surface area contributed by atoms with Gasteiger partial charge in [0.15, 0.2) is 0 Å². The van der Waals surface area contributed by atoms with Crippen LogP contribution in [0.2, 0.25) is 5.02 Å². The smallest absolute Gasteiger partial charge is 0.137 e. The van der Waals surface area contributed by atoms with Crippen molar-refractivity contribution in [2.45, 2.75) is 26.8 Å². The van der Waals surface area contributed by atoms with Gasteiger partial charge in [-0.25, -0.2) is 4.98 Å². The van der Waals surface area contributed by atoms with Crippen molar-refractivity contribution in [2.75, 3.05) is 19.8 Å². The van der Waals surface area contributed by atoms with Crippen molar-refractivity contribution < 1.29 is 4.74 Å². The van der Waals surface area contributed by atoms with Crippen LogP contribution in [0.3, 0.4) is 0 Å². The third-order valence-corrected chi connectivity index (χ3v) is 3.26. The molecule has 1 N–H and O–H groups in total. The molecule has 0 aliphatic rings. The molecule has 2 heterocycles. The first kappa shape index (κ1) is 15.3. The van der Waals surface area contributed by atoms with Crippen LogP contribution >= 0.6 is 11.6 Å². The van der Waals surface area contributed by atoms with Crippen LogP contribution in [0.4, 0.5) is 0 Å². The highest BCUT2D eigenvalue weighted by Crippen LogP contribution is 2.11. The molecule has 0 aromatic carbocycles. The summed E-state index contributed by atoms with van der Waals surface area (Å²) in [6.07, 6.45) is 4.98. The normalized spacial score (nSPS) is 11.6. The number of nitrogens with one attached hydrogen (secondary N) is 1. The Labute approximate surface area is 125 Å². The lowest BCUT2D eigenvalue weighted by Gasteiger charge is -2.06. The topological polar surface area (TPSA) is 38.6 Å². The molecule has 0 unspecified atom stereocenters. The van der Waals surface area contributed by atoms with Gasteiger partial charge < -0.3 is 14.5 Å². The molecule has 2 rings (SSSR count). The number of nitrogens with zero attached hydrogens (tertiary/aromatic N) is 2. The average molecular weight is 296 g/mol. The first-order chi connectivity index (χ1) is 9.65. The summed E-state index contributed by atoms with van der Waals surface area (Å²) in [6, 6.07) is 3.77. The zero-order valence-corrected chi connectivity index (χ0v) is 12.9. The fourth-order valence-corrected chi connectivity index (χ4v) is 2.05. The zero-order valence-electron chi connectivity index (χ0n) is 12.1. The number of fused-ring (bicyclic) bond motifs is 1. The molecule has 0 atom stereocenters. The molecule has 0 saturated carbocycles. The molecule has 0 radical (unpaired) electrons. The minimum atomic E-state index is 0.702. The van der Waals surface area contributed by atoms with Gasteiger partial charge in [-0.05, 0) is 24.5 Å². The van der Waals surface area contributed by atoms with Gasteiger partial charge >= 0.3 is 0 Å². The van der Waals surface area contributed by atoms with Gasteiger partial charge in [0.2, 0.25) is 0 Å². The van der Waals surface area contributed by atoms with Crippen LogP contribution in [-0.4, -0.2) is 29.1 Å². The van der Waals surface area contributed by atoms with Gasteiger partial charge in [0.1, 0.15) is 5.65 Å². The Bertz CT molecular complexity index is 539. The summed E-state index contributed by atoms with van der Waals surface area (Å²) in [5.41, 5.74) is 1.92. The first-order valence-electron chi connectivity index (χ1n) is 7.07. The maximum absolute atomic E-state index is 5.94. The predicted octanol–water partition coefficient (Wildman–Crippen LogP) is 3.14. The van der Waals surface area contributed by atoms with Crippen LogP contribution in [0.5, 0.6) is 0 Å². The van der Waals surface area contributed by atoms with Crippen LogP contribution in [-0.2, 0) is 11.3 Å². The summed E-state index contributed by atoms with van der Waals surface area (Å²) >= 11 is 5.94. The highest BCUT2D eigenvalue weighted by Gasteiger charge is 2.01. The molecule has 0 saturated heterocycles. The fraction of sp³-hybridized carbons (Fsp3) is 0.533. The standard InChI is InChI=1S/C15H22ClN3O/c1-12(2)5-7-20-8-6-17-9-14-11-19-10-13(16)3-4-15(19)18-14/h3-4,10-12,17H,5-9H2,1-2H3. The maximum atomic E-state index is 5.94. The highest BCUT2D eigenvalue weighted by molar-refractivity contribution is 6.30. The van der Waals surface area contributed by atoms with Crippen LogP contribution in [0.25, 0.3) is 5.65 Å².